The molecular formula is C16H22N6O. The molecule has 0 aliphatic carbocycles. The fourth-order valence-electron chi connectivity index (χ4n) is 2.59. The lowest BCUT2D eigenvalue weighted by molar-refractivity contribution is 0.312. The zero-order valence-corrected chi connectivity index (χ0v) is 13.5. The molecule has 7 heteroatoms. The molecule has 0 radical (unpaired) electrons. The average molecular weight is 314 g/mol. The molecule has 0 saturated carbocycles. The van der Waals surface area contributed by atoms with Crippen LogP contribution in [0.25, 0.3) is 0 Å². The van der Waals surface area contributed by atoms with Gasteiger partial charge < -0.3 is 25.6 Å². The first-order valence-electron chi connectivity index (χ1n) is 7.62. The maximum atomic E-state index is 6.29. The second kappa shape index (κ2) is 6.70. The first-order chi connectivity index (χ1) is 11.2. The number of aromatic nitrogens is 2. The van der Waals surface area contributed by atoms with E-state index in [4.69, 9.17) is 10.5 Å². The summed E-state index contributed by atoms with van der Waals surface area (Å²) < 4.78 is 5.23. The van der Waals surface area contributed by atoms with Crippen LogP contribution in [0.15, 0.2) is 30.6 Å². The first kappa shape index (κ1) is 15.4. The molecule has 0 unspecified atom stereocenters. The maximum Gasteiger partial charge on any atom is 0.159 e. The normalized spacial score (nSPS) is 15.5. The van der Waals surface area contributed by atoms with Gasteiger partial charge in [-0.25, -0.2) is 9.97 Å². The van der Waals surface area contributed by atoms with E-state index in [9.17, 15) is 0 Å². The highest BCUT2D eigenvalue weighted by Gasteiger charge is 2.19. The monoisotopic (exact) mass is 314 g/mol. The topological polar surface area (TPSA) is 79.5 Å². The number of piperazine rings is 1. The fraction of sp³-hybridized carbons (Fsp3) is 0.375. The molecule has 1 aromatic heterocycles. The molecule has 3 rings (SSSR count). The van der Waals surface area contributed by atoms with Gasteiger partial charge in [-0.2, -0.15) is 0 Å². The highest BCUT2D eigenvalue weighted by Crippen LogP contribution is 2.29. The Balaban J connectivity index is 1.81. The standard InChI is InChI=1S/C16H22N6O/c1-21-6-8-22(9-7-21)16-14(17)15(18-11-19-16)20-12-4-3-5-13(10-12)23-2/h3-5,10-11H,6-9,17H2,1-2H3,(H,18,19,20). The molecule has 2 heterocycles. The van der Waals surface area contributed by atoms with E-state index >= 15 is 0 Å². The van der Waals surface area contributed by atoms with Crippen LogP contribution in [0.3, 0.4) is 0 Å². The number of nitrogens with two attached hydrogens (primary N) is 1. The Morgan fingerprint density at radius 1 is 1.17 bits per heavy atom. The van der Waals surface area contributed by atoms with Crippen molar-refractivity contribution >= 4 is 23.0 Å². The number of hydrogen-bond acceptors (Lipinski definition) is 7. The zero-order chi connectivity index (χ0) is 16.2. The van der Waals surface area contributed by atoms with E-state index in [0.717, 1.165) is 43.4 Å². The van der Waals surface area contributed by atoms with Gasteiger partial charge in [-0.3, -0.25) is 0 Å². The van der Waals surface area contributed by atoms with Crippen molar-refractivity contribution in [3.8, 4) is 5.75 Å². The third-order valence-electron chi connectivity index (χ3n) is 4.00. The van der Waals surface area contributed by atoms with Gasteiger partial charge in [-0.15, -0.1) is 0 Å². The predicted octanol–water partition coefficient (Wildman–Crippen LogP) is 1.56. The van der Waals surface area contributed by atoms with E-state index in [-0.39, 0.29) is 0 Å². The van der Waals surface area contributed by atoms with Crippen LogP contribution >= 0.6 is 0 Å². The molecule has 3 N–H and O–H groups in total. The second-order valence-electron chi connectivity index (χ2n) is 5.61. The van der Waals surface area contributed by atoms with Gasteiger partial charge in [-0.1, -0.05) is 6.07 Å². The molecule has 0 atom stereocenters. The van der Waals surface area contributed by atoms with Crippen molar-refractivity contribution in [2.24, 2.45) is 0 Å². The quantitative estimate of drug-likeness (QED) is 0.886. The average Bonchev–Trinajstić information content (AvgIpc) is 2.58. The Kier molecular flexibility index (Phi) is 4.47. The van der Waals surface area contributed by atoms with Crippen LogP contribution in [0.4, 0.5) is 23.0 Å². The van der Waals surface area contributed by atoms with E-state index in [1.165, 1.54) is 0 Å². The third-order valence-corrected chi connectivity index (χ3v) is 4.00. The Bertz CT molecular complexity index is 669. The summed E-state index contributed by atoms with van der Waals surface area (Å²) in [4.78, 5) is 13.1. The van der Waals surface area contributed by atoms with Crippen LogP contribution < -0.4 is 20.7 Å². The zero-order valence-electron chi connectivity index (χ0n) is 13.5. The number of nitrogens with one attached hydrogen (secondary N) is 1. The van der Waals surface area contributed by atoms with Gasteiger partial charge in [0.15, 0.2) is 11.6 Å². The molecule has 0 amide bonds. The predicted molar refractivity (Wildman–Crippen MR) is 92.4 cm³/mol. The molecule has 2 aromatic rings. The maximum absolute atomic E-state index is 6.29. The number of ether oxygens (including phenoxy) is 1. The van der Waals surface area contributed by atoms with Gasteiger partial charge in [0.25, 0.3) is 0 Å². The highest BCUT2D eigenvalue weighted by atomic mass is 16.5. The van der Waals surface area contributed by atoms with Gasteiger partial charge in [0, 0.05) is 37.9 Å². The smallest absolute Gasteiger partial charge is 0.159 e. The molecular weight excluding hydrogens is 292 g/mol. The molecule has 7 nitrogen and oxygen atoms in total. The highest BCUT2D eigenvalue weighted by molar-refractivity contribution is 5.78. The Hall–Kier alpha value is -2.54. The molecule has 0 spiro atoms. The number of hydrogen-bond donors (Lipinski definition) is 2. The number of likely N-dealkylation sites (N-methyl/N-ethyl adjacent to an activating group) is 1. The molecule has 1 aliphatic rings. The van der Waals surface area contributed by atoms with Crippen molar-refractivity contribution in [2.75, 3.05) is 56.3 Å². The number of anilines is 4. The van der Waals surface area contributed by atoms with Crippen LogP contribution in [-0.4, -0.2) is 55.2 Å². The minimum Gasteiger partial charge on any atom is -0.497 e. The Morgan fingerprint density at radius 2 is 1.96 bits per heavy atom. The van der Waals surface area contributed by atoms with Gasteiger partial charge in [0.2, 0.25) is 0 Å². The Labute approximate surface area is 136 Å². The SMILES string of the molecule is COc1cccc(Nc2ncnc(N3CCN(C)CC3)c2N)c1. The fourth-order valence-corrected chi connectivity index (χ4v) is 2.59. The molecule has 23 heavy (non-hydrogen) atoms. The van der Waals surface area contributed by atoms with E-state index in [1.54, 1.807) is 13.4 Å². The summed E-state index contributed by atoms with van der Waals surface area (Å²) in [5.41, 5.74) is 7.74. The van der Waals surface area contributed by atoms with E-state index < -0.39 is 0 Å². The van der Waals surface area contributed by atoms with Crippen molar-refractivity contribution in [2.45, 2.75) is 0 Å². The number of benzene rings is 1. The van der Waals surface area contributed by atoms with Gasteiger partial charge in [0.1, 0.15) is 17.8 Å². The summed E-state index contributed by atoms with van der Waals surface area (Å²) >= 11 is 0. The number of rotatable bonds is 4. The minimum absolute atomic E-state index is 0.569. The van der Waals surface area contributed by atoms with Crippen LogP contribution in [0.2, 0.25) is 0 Å². The summed E-state index contributed by atoms with van der Waals surface area (Å²) in [7, 11) is 3.76. The lowest BCUT2D eigenvalue weighted by atomic mass is 10.2. The lowest BCUT2D eigenvalue weighted by Crippen LogP contribution is -2.45. The van der Waals surface area contributed by atoms with Crippen LogP contribution in [0, 0.1) is 0 Å². The third kappa shape index (κ3) is 3.45. The summed E-state index contributed by atoms with van der Waals surface area (Å²) in [6.07, 6.45) is 1.55. The van der Waals surface area contributed by atoms with Gasteiger partial charge >= 0.3 is 0 Å². The van der Waals surface area contributed by atoms with Crippen molar-refractivity contribution in [1.29, 1.82) is 0 Å². The first-order valence-corrected chi connectivity index (χ1v) is 7.62. The van der Waals surface area contributed by atoms with E-state index in [0.29, 0.717) is 11.5 Å². The molecule has 1 saturated heterocycles. The number of nitrogen functional groups attached to an aromatic ring is 1. The number of nitrogens with zero attached hydrogens (tertiary/aromatic N) is 4. The largest absolute Gasteiger partial charge is 0.497 e. The van der Waals surface area contributed by atoms with Crippen molar-refractivity contribution in [3.05, 3.63) is 30.6 Å². The summed E-state index contributed by atoms with van der Waals surface area (Å²) in [5.74, 6) is 2.18. The minimum atomic E-state index is 0.569. The van der Waals surface area contributed by atoms with E-state index in [1.807, 2.05) is 24.3 Å². The van der Waals surface area contributed by atoms with Crippen LogP contribution in [0.1, 0.15) is 0 Å². The summed E-state index contributed by atoms with van der Waals surface area (Å²) in [6.45, 7) is 3.83. The molecule has 0 bridgehead atoms. The van der Waals surface area contributed by atoms with Gasteiger partial charge in [0.05, 0.1) is 7.11 Å². The van der Waals surface area contributed by atoms with Crippen molar-refractivity contribution < 1.29 is 4.74 Å². The van der Waals surface area contributed by atoms with Gasteiger partial charge in [-0.05, 0) is 19.2 Å². The van der Waals surface area contributed by atoms with Crippen LogP contribution in [0.5, 0.6) is 5.75 Å². The lowest BCUT2D eigenvalue weighted by Gasteiger charge is -2.33. The summed E-state index contributed by atoms with van der Waals surface area (Å²) in [5, 5.41) is 3.24. The molecule has 1 fully saturated rings. The summed E-state index contributed by atoms with van der Waals surface area (Å²) in [6, 6.07) is 7.65. The molecule has 1 aromatic carbocycles. The molecule has 1 aliphatic heterocycles. The second-order valence-corrected chi connectivity index (χ2v) is 5.61. The van der Waals surface area contributed by atoms with Crippen LogP contribution in [-0.2, 0) is 0 Å². The molecule has 122 valence electrons. The number of methoxy groups -OCH3 is 1. The Morgan fingerprint density at radius 3 is 2.70 bits per heavy atom. The van der Waals surface area contributed by atoms with E-state index in [2.05, 4.69) is 32.1 Å². The van der Waals surface area contributed by atoms with Crippen molar-refractivity contribution in [1.82, 2.24) is 14.9 Å². The van der Waals surface area contributed by atoms with Crippen molar-refractivity contribution in [3.63, 3.8) is 0 Å².